The number of nitrogens with two attached hydrogens (primary N) is 1. The number of methoxy groups -OCH3 is 3. The summed E-state index contributed by atoms with van der Waals surface area (Å²) < 4.78 is 16.7. The van der Waals surface area contributed by atoms with E-state index in [9.17, 15) is 14.4 Å². The Labute approximate surface area is 236 Å². The van der Waals surface area contributed by atoms with Gasteiger partial charge in [0.25, 0.3) is 0 Å². The Hall–Kier alpha value is -3.75. The molecule has 216 valence electrons. The Morgan fingerprint density at radius 3 is 2.05 bits per heavy atom. The van der Waals surface area contributed by atoms with Crippen molar-refractivity contribution in [1.82, 2.24) is 10.2 Å². The van der Waals surface area contributed by atoms with E-state index in [1.807, 2.05) is 18.2 Å². The van der Waals surface area contributed by atoms with Crippen LogP contribution in [0.3, 0.4) is 0 Å². The van der Waals surface area contributed by atoms with Crippen molar-refractivity contribution in [2.24, 2.45) is 11.7 Å². The summed E-state index contributed by atoms with van der Waals surface area (Å²) in [5, 5.41) is 2.83. The van der Waals surface area contributed by atoms with Crippen LogP contribution < -0.4 is 25.3 Å². The molecule has 3 N–H and O–H groups in total. The van der Waals surface area contributed by atoms with Crippen molar-refractivity contribution in [2.45, 2.75) is 69.4 Å². The smallest absolute Gasteiger partial charge is 0.244 e. The largest absolute Gasteiger partial charge is 0.493 e. The molecule has 1 aliphatic heterocycles. The fraction of sp³-hybridized carbons (Fsp3) is 0.516. The number of ether oxygens (including phenoxy) is 3. The maximum absolute atomic E-state index is 14.5. The van der Waals surface area contributed by atoms with Crippen molar-refractivity contribution in [3.63, 3.8) is 0 Å². The van der Waals surface area contributed by atoms with Gasteiger partial charge in [0.2, 0.25) is 23.5 Å². The summed E-state index contributed by atoms with van der Waals surface area (Å²) in [6, 6.07) is 11.0. The Morgan fingerprint density at radius 2 is 1.48 bits per heavy atom. The van der Waals surface area contributed by atoms with Gasteiger partial charge in [-0.25, -0.2) is 0 Å². The van der Waals surface area contributed by atoms with Gasteiger partial charge < -0.3 is 30.2 Å². The van der Waals surface area contributed by atoms with Crippen molar-refractivity contribution in [1.29, 1.82) is 0 Å². The lowest BCUT2D eigenvalue weighted by atomic mass is 9.75. The summed E-state index contributed by atoms with van der Waals surface area (Å²) in [4.78, 5) is 42.2. The number of primary amides is 1. The predicted molar refractivity (Wildman–Crippen MR) is 151 cm³/mol. The summed E-state index contributed by atoms with van der Waals surface area (Å²) in [6.07, 6.45) is 7.25. The molecule has 2 unspecified atom stereocenters. The minimum absolute atomic E-state index is 0.0867. The molecule has 2 aromatic carbocycles. The summed E-state index contributed by atoms with van der Waals surface area (Å²) in [6.45, 7) is 0.469. The van der Waals surface area contributed by atoms with E-state index in [0.29, 0.717) is 35.8 Å². The molecule has 1 heterocycles. The normalized spacial score (nSPS) is 19.3. The lowest BCUT2D eigenvalue weighted by molar-refractivity contribution is -0.145. The third-order valence-corrected chi connectivity index (χ3v) is 8.23. The SMILES string of the molecule is COc1cc(C(C(=O)N2CCCCC2C(=O)N[C@@H](C(N)=O)c2ccccc2)C2CCCCC2)cc(OC)c1OC. The van der Waals surface area contributed by atoms with E-state index in [-0.39, 0.29) is 17.7 Å². The van der Waals surface area contributed by atoms with Gasteiger partial charge >= 0.3 is 0 Å². The molecular formula is C31H41N3O6. The number of rotatable bonds is 10. The summed E-state index contributed by atoms with van der Waals surface area (Å²) >= 11 is 0. The highest BCUT2D eigenvalue weighted by Gasteiger charge is 2.41. The van der Waals surface area contributed by atoms with Crippen LogP contribution in [-0.2, 0) is 14.4 Å². The Morgan fingerprint density at radius 1 is 0.850 bits per heavy atom. The number of hydrogen-bond donors (Lipinski definition) is 2. The van der Waals surface area contributed by atoms with Crippen LogP contribution in [-0.4, -0.2) is 56.5 Å². The highest BCUT2D eigenvalue weighted by Crippen LogP contribution is 2.45. The average molecular weight is 552 g/mol. The summed E-state index contributed by atoms with van der Waals surface area (Å²) in [5.74, 6) is 0.00396. The molecule has 1 saturated heterocycles. The maximum Gasteiger partial charge on any atom is 0.244 e. The second kappa shape index (κ2) is 13.5. The first-order valence-corrected chi connectivity index (χ1v) is 14.1. The van der Waals surface area contributed by atoms with Crippen molar-refractivity contribution >= 4 is 17.7 Å². The zero-order valence-electron chi connectivity index (χ0n) is 23.7. The fourth-order valence-electron chi connectivity index (χ4n) is 6.21. The van der Waals surface area contributed by atoms with E-state index < -0.39 is 23.9 Å². The van der Waals surface area contributed by atoms with Gasteiger partial charge in [-0.2, -0.15) is 0 Å². The number of likely N-dealkylation sites (tertiary alicyclic amines) is 1. The van der Waals surface area contributed by atoms with Crippen LogP contribution in [0, 0.1) is 5.92 Å². The van der Waals surface area contributed by atoms with Crippen LogP contribution in [0.4, 0.5) is 0 Å². The van der Waals surface area contributed by atoms with Crippen LogP contribution in [0.2, 0.25) is 0 Å². The molecule has 2 fully saturated rings. The number of piperidine rings is 1. The topological polar surface area (TPSA) is 120 Å². The molecule has 1 saturated carbocycles. The average Bonchev–Trinajstić information content (AvgIpc) is 3.00. The van der Waals surface area contributed by atoms with Crippen LogP contribution in [0.25, 0.3) is 0 Å². The third-order valence-electron chi connectivity index (χ3n) is 8.23. The molecule has 2 aliphatic rings. The first-order valence-electron chi connectivity index (χ1n) is 14.1. The quantitative estimate of drug-likeness (QED) is 0.459. The minimum Gasteiger partial charge on any atom is -0.493 e. The second-order valence-electron chi connectivity index (χ2n) is 10.6. The van der Waals surface area contributed by atoms with Gasteiger partial charge in [0.1, 0.15) is 12.1 Å². The molecule has 2 aromatic rings. The van der Waals surface area contributed by atoms with Crippen LogP contribution in [0.1, 0.15) is 74.5 Å². The maximum atomic E-state index is 14.5. The standard InChI is InChI=1S/C31H41N3O6/c1-38-24-18-22(19-25(39-2)28(24)40-3)26(20-12-6-4-7-13-20)31(37)34-17-11-10-16-23(34)30(36)33-27(29(32)35)21-14-8-5-9-15-21/h5,8-9,14-15,18-20,23,26-27H,4,6-7,10-13,16-17H2,1-3H3,(H2,32,35)(H,33,36)/t23?,26?,27-/m1/s1. The van der Waals surface area contributed by atoms with Gasteiger partial charge in [-0.15, -0.1) is 0 Å². The molecule has 0 aromatic heterocycles. The third kappa shape index (κ3) is 6.35. The van der Waals surface area contributed by atoms with Gasteiger partial charge in [-0.1, -0.05) is 49.6 Å². The van der Waals surface area contributed by atoms with Gasteiger partial charge in [0, 0.05) is 6.54 Å². The Bertz CT molecular complexity index is 1160. The van der Waals surface area contributed by atoms with Crippen LogP contribution >= 0.6 is 0 Å². The van der Waals surface area contributed by atoms with Gasteiger partial charge in [-0.3, -0.25) is 14.4 Å². The Balaban J connectivity index is 1.67. The van der Waals surface area contributed by atoms with Crippen LogP contribution in [0.5, 0.6) is 17.2 Å². The molecule has 0 spiro atoms. The van der Waals surface area contributed by atoms with Gasteiger partial charge in [-0.05, 0) is 61.3 Å². The zero-order chi connectivity index (χ0) is 28.6. The zero-order valence-corrected chi connectivity index (χ0v) is 23.7. The van der Waals surface area contributed by atoms with E-state index in [1.54, 1.807) is 50.5 Å². The molecule has 9 nitrogen and oxygen atoms in total. The molecule has 4 rings (SSSR count). The molecule has 0 radical (unpaired) electrons. The lowest BCUT2D eigenvalue weighted by Crippen LogP contribution is -2.55. The number of carbonyl (C=O) groups excluding carboxylic acids is 3. The molecule has 1 aliphatic carbocycles. The second-order valence-corrected chi connectivity index (χ2v) is 10.6. The fourth-order valence-corrected chi connectivity index (χ4v) is 6.21. The highest BCUT2D eigenvalue weighted by atomic mass is 16.5. The summed E-state index contributed by atoms with van der Waals surface area (Å²) in [7, 11) is 4.67. The first kappa shape index (κ1) is 29.2. The minimum atomic E-state index is -0.975. The molecule has 9 heteroatoms. The monoisotopic (exact) mass is 551 g/mol. The lowest BCUT2D eigenvalue weighted by Gasteiger charge is -2.40. The van der Waals surface area contributed by atoms with Gasteiger partial charge in [0.05, 0.1) is 27.2 Å². The van der Waals surface area contributed by atoms with Crippen molar-refractivity contribution in [3.05, 3.63) is 53.6 Å². The van der Waals surface area contributed by atoms with E-state index in [4.69, 9.17) is 19.9 Å². The molecule has 40 heavy (non-hydrogen) atoms. The molecular weight excluding hydrogens is 510 g/mol. The van der Waals surface area contributed by atoms with Crippen molar-refractivity contribution < 1.29 is 28.6 Å². The number of benzene rings is 2. The van der Waals surface area contributed by atoms with E-state index in [2.05, 4.69) is 5.32 Å². The predicted octanol–water partition coefficient (Wildman–Crippen LogP) is 4.10. The first-order chi connectivity index (χ1) is 19.4. The molecule has 3 atom stereocenters. The summed E-state index contributed by atoms with van der Waals surface area (Å²) in [5.41, 5.74) is 7.07. The highest BCUT2D eigenvalue weighted by molar-refractivity contribution is 5.94. The number of nitrogens with one attached hydrogen (secondary N) is 1. The Kier molecular flexibility index (Phi) is 9.90. The van der Waals surface area contributed by atoms with Gasteiger partial charge in [0.15, 0.2) is 11.5 Å². The number of hydrogen-bond acceptors (Lipinski definition) is 6. The van der Waals surface area contributed by atoms with E-state index >= 15 is 0 Å². The molecule has 0 bridgehead atoms. The number of nitrogens with zero attached hydrogens (tertiary/aromatic N) is 1. The van der Waals surface area contributed by atoms with Crippen LogP contribution in [0.15, 0.2) is 42.5 Å². The van der Waals surface area contributed by atoms with E-state index in [0.717, 1.165) is 50.5 Å². The molecule has 3 amide bonds. The number of amides is 3. The van der Waals surface area contributed by atoms with Crippen molar-refractivity contribution in [2.75, 3.05) is 27.9 Å². The van der Waals surface area contributed by atoms with Crippen molar-refractivity contribution in [3.8, 4) is 17.2 Å². The van der Waals surface area contributed by atoms with E-state index in [1.165, 1.54) is 0 Å². The number of carbonyl (C=O) groups is 3.